The van der Waals surface area contributed by atoms with E-state index in [9.17, 15) is 4.79 Å². The van der Waals surface area contributed by atoms with E-state index in [0.29, 0.717) is 11.3 Å². The van der Waals surface area contributed by atoms with Crippen molar-refractivity contribution in [2.45, 2.75) is 0 Å². The van der Waals surface area contributed by atoms with Crippen LogP contribution in [0.4, 0.5) is 5.88 Å². The molecule has 0 bridgehead atoms. The third-order valence-electron chi connectivity index (χ3n) is 1.80. The Hall–Kier alpha value is -1.82. The number of anilines is 1. The van der Waals surface area contributed by atoms with Crippen molar-refractivity contribution in [2.75, 3.05) is 12.8 Å². The second-order valence-electron chi connectivity index (χ2n) is 2.81. The quantitative estimate of drug-likeness (QED) is 0.786. The predicted octanol–water partition coefficient (Wildman–Crippen LogP) is 1.77. The molecule has 0 amide bonds. The van der Waals surface area contributed by atoms with Crippen LogP contribution in [0.1, 0.15) is 10.4 Å². The van der Waals surface area contributed by atoms with Crippen LogP contribution < -0.4 is 5.73 Å². The lowest BCUT2D eigenvalue weighted by atomic mass is 10.3. The number of hydrogen-bond donors (Lipinski definition) is 1. The number of carbonyl (C=O) groups is 1. The molecule has 0 unspecified atom stereocenters. The molecule has 78 valence electrons. The number of nitrogens with two attached hydrogens (primary N) is 1. The molecule has 0 radical (unpaired) electrons. The van der Waals surface area contributed by atoms with Gasteiger partial charge in [0.25, 0.3) is 0 Å². The van der Waals surface area contributed by atoms with E-state index >= 15 is 0 Å². The van der Waals surface area contributed by atoms with Crippen molar-refractivity contribution in [3.63, 3.8) is 0 Å². The van der Waals surface area contributed by atoms with Gasteiger partial charge >= 0.3 is 5.97 Å². The maximum Gasteiger partial charge on any atom is 0.338 e. The highest BCUT2D eigenvalue weighted by Crippen LogP contribution is 2.27. The Morgan fingerprint density at radius 2 is 2.40 bits per heavy atom. The highest BCUT2D eigenvalue weighted by molar-refractivity contribution is 7.13. The van der Waals surface area contributed by atoms with Gasteiger partial charge in [0.05, 0.1) is 17.6 Å². The second kappa shape index (κ2) is 3.74. The average Bonchev–Trinajstić information content (AvgIpc) is 2.84. The summed E-state index contributed by atoms with van der Waals surface area (Å²) in [5, 5.41) is 5.44. The van der Waals surface area contributed by atoms with Crippen LogP contribution in [0.2, 0.25) is 0 Å². The Bertz CT molecular complexity index is 489. The lowest BCUT2D eigenvalue weighted by molar-refractivity contribution is 0.0601. The van der Waals surface area contributed by atoms with Crippen LogP contribution in [0.15, 0.2) is 22.0 Å². The largest absolute Gasteiger partial charge is 0.465 e. The van der Waals surface area contributed by atoms with Crippen molar-refractivity contribution in [3.05, 3.63) is 23.1 Å². The Morgan fingerprint density at radius 1 is 1.60 bits per heavy atom. The van der Waals surface area contributed by atoms with Crippen molar-refractivity contribution >= 4 is 23.2 Å². The van der Waals surface area contributed by atoms with Crippen LogP contribution >= 0.6 is 11.3 Å². The lowest BCUT2D eigenvalue weighted by Crippen LogP contribution is -1.97. The molecule has 0 aliphatic carbocycles. The van der Waals surface area contributed by atoms with Gasteiger partial charge in [0.2, 0.25) is 5.88 Å². The fraction of sp³-hybridized carbons (Fsp3) is 0.111. The van der Waals surface area contributed by atoms with Crippen molar-refractivity contribution < 1.29 is 14.1 Å². The number of nitrogen functional groups attached to an aromatic ring is 1. The van der Waals surface area contributed by atoms with Gasteiger partial charge in [-0.3, -0.25) is 0 Å². The van der Waals surface area contributed by atoms with Crippen LogP contribution in [0.5, 0.6) is 0 Å². The Kier molecular flexibility index (Phi) is 2.42. The van der Waals surface area contributed by atoms with Crippen molar-refractivity contribution in [1.29, 1.82) is 0 Å². The molecular weight excluding hydrogens is 216 g/mol. The summed E-state index contributed by atoms with van der Waals surface area (Å²) < 4.78 is 9.32. The van der Waals surface area contributed by atoms with E-state index in [1.54, 1.807) is 17.5 Å². The van der Waals surface area contributed by atoms with E-state index in [4.69, 9.17) is 10.3 Å². The molecule has 0 fully saturated rings. The van der Waals surface area contributed by atoms with Gasteiger partial charge in [-0.15, -0.1) is 11.3 Å². The highest BCUT2D eigenvalue weighted by atomic mass is 32.1. The summed E-state index contributed by atoms with van der Waals surface area (Å²) in [6, 6.07) is 3.29. The molecule has 2 aromatic heterocycles. The number of ether oxygens (including phenoxy) is 1. The normalized spacial score (nSPS) is 10.2. The number of aromatic nitrogens is 1. The molecule has 0 aromatic carbocycles. The number of hydrogen-bond acceptors (Lipinski definition) is 6. The maximum atomic E-state index is 11.2. The van der Waals surface area contributed by atoms with E-state index in [0.717, 1.165) is 4.88 Å². The molecule has 2 heterocycles. The molecule has 0 spiro atoms. The molecule has 15 heavy (non-hydrogen) atoms. The van der Waals surface area contributed by atoms with Crippen molar-refractivity contribution in [3.8, 4) is 10.6 Å². The minimum absolute atomic E-state index is 0.248. The van der Waals surface area contributed by atoms with E-state index in [1.165, 1.54) is 18.4 Å². The summed E-state index contributed by atoms with van der Waals surface area (Å²) in [6.07, 6.45) is 0. The zero-order chi connectivity index (χ0) is 10.8. The molecule has 6 heteroatoms. The summed E-state index contributed by atoms with van der Waals surface area (Å²) >= 11 is 1.38. The fourth-order valence-corrected chi connectivity index (χ4v) is 1.93. The number of thiophene rings is 1. The van der Waals surface area contributed by atoms with Crippen LogP contribution in [-0.4, -0.2) is 18.2 Å². The predicted molar refractivity (Wildman–Crippen MR) is 55.6 cm³/mol. The lowest BCUT2D eigenvalue weighted by Gasteiger charge is -1.91. The first-order valence-electron chi connectivity index (χ1n) is 4.10. The van der Waals surface area contributed by atoms with Crippen LogP contribution in [0, 0.1) is 0 Å². The number of methoxy groups -OCH3 is 1. The molecule has 5 nitrogen and oxygen atoms in total. The highest BCUT2D eigenvalue weighted by Gasteiger charge is 2.12. The molecule has 0 aliphatic rings. The SMILES string of the molecule is COC(=O)c1csc(-c2cc(N)on2)c1. The number of esters is 1. The zero-order valence-electron chi connectivity index (χ0n) is 7.89. The van der Waals surface area contributed by atoms with Crippen molar-refractivity contribution in [2.24, 2.45) is 0 Å². The van der Waals surface area contributed by atoms with Crippen molar-refractivity contribution in [1.82, 2.24) is 5.16 Å². The van der Waals surface area contributed by atoms with E-state index in [-0.39, 0.29) is 11.9 Å². The maximum absolute atomic E-state index is 11.2. The van der Waals surface area contributed by atoms with Gasteiger partial charge < -0.3 is 15.0 Å². The van der Waals surface area contributed by atoms with E-state index in [1.807, 2.05) is 0 Å². The van der Waals surface area contributed by atoms with E-state index < -0.39 is 0 Å². The summed E-state index contributed by atoms with van der Waals surface area (Å²) in [6.45, 7) is 0. The molecule has 0 saturated heterocycles. The summed E-state index contributed by atoms with van der Waals surface area (Å²) in [5.74, 6) is -0.119. The second-order valence-corrected chi connectivity index (χ2v) is 3.72. The van der Waals surface area contributed by atoms with Crippen LogP contribution in [0.3, 0.4) is 0 Å². The number of rotatable bonds is 2. The summed E-state index contributed by atoms with van der Waals surface area (Å²) in [5.41, 5.74) is 6.51. The molecule has 2 N–H and O–H groups in total. The van der Waals surface area contributed by atoms with Gasteiger partial charge in [-0.2, -0.15) is 0 Å². The first-order chi connectivity index (χ1) is 7.20. The Morgan fingerprint density at radius 3 is 3.00 bits per heavy atom. The van der Waals surface area contributed by atoms with Gasteiger partial charge in [-0.25, -0.2) is 4.79 Å². The van der Waals surface area contributed by atoms with Gasteiger partial charge in [-0.1, -0.05) is 5.16 Å². The van der Waals surface area contributed by atoms with Crippen LogP contribution in [0.25, 0.3) is 10.6 Å². The minimum Gasteiger partial charge on any atom is -0.465 e. The first-order valence-corrected chi connectivity index (χ1v) is 4.98. The standard InChI is InChI=1S/C9H8N2O3S/c1-13-9(12)5-2-7(15-4-5)6-3-8(10)14-11-6/h2-4H,10H2,1H3. The van der Waals surface area contributed by atoms with E-state index in [2.05, 4.69) is 9.89 Å². The molecule has 0 saturated carbocycles. The molecule has 0 aliphatic heterocycles. The smallest absolute Gasteiger partial charge is 0.338 e. The summed E-state index contributed by atoms with van der Waals surface area (Å²) in [7, 11) is 1.34. The molecule has 0 atom stereocenters. The minimum atomic E-state index is -0.367. The van der Waals surface area contributed by atoms with Crippen LogP contribution in [-0.2, 0) is 4.74 Å². The number of carbonyl (C=O) groups excluding carboxylic acids is 1. The Labute approximate surface area is 89.4 Å². The zero-order valence-corrected chi connectivity index (χ0v) is 8.71. The van der Waals surface area contributed by atoms with Gasteiger partial charge in [-0.05, 0) is 6.07 Å². The fourth-order valence-electron chi connectivity index (χ4n) is 1.10. The van der Waals surface area contributed by atoms with Gasteiger partial charge in [0.15, 0.2) is 0 Å². The molecule has 2 aromatic rings. The third kappa shape index (κ3) is 1.84. The molecular formula is C9H8N2O3S. The average molecular weight is 224 g/mol. The number of nitrogens with zero attached hydrogens (tertiary/aromatic N) is 1. The molecule has 2 rings (SSSR count). The van der Waals surface area contributed by atoms with Gasteiger partial charge in [0, 0.05) is 11.4 Å². The topological polar surface area (TPSA) is 78.4 Å². The third-order valence-corrected chi connectivity index (χ3v) is 2.75. The summed E-state index contributed by atoms with van der Waals surface area (Å²) in [4.78, 5) is 12.0. The first kappa shape index (κ1) is 9.72. The monoisotopic (exact) mass is 224 g/mol. The van der Waals surface area contributed by atoms with Gasteiger partial charge in [0.1, 0.15) is 5.69 Å². The Balaban J connectivity index is 2.31.